The Morgan fingerprint density at radius 1 is 1.17 bits per heavy atom. The van der Waals surface area contributed by atoms with Crippen molar-refractivity contribution in [3.63, 3.8) is 0 Å². The summed E-state index contributed by atoms with van der Waals surface area (Å²) in [5.41, 5.74) is 4.47. The number of amides is 1. The van der Waals surface area contributed by atoms with E-state index in [0.717, 1.165) is 23.3 Å². The van der Waals surface area contributed by atoms with Crippen LogP contribution in [0.4, 0.5) is 0 Å². The van der Waals surface area contributed by atoms with Gasteiger partial charge in [-0.25, -0.2) is 0 Å². The Morgan fingerprint density at radius 3 is 2.53 bits per heavy atom. The summed E-state index contributed by atoms with van der Waals surface area (Å²) in [4.78, 5) is 16.8. The lowest BCUT2D eigenvalue weighted by Gasteiger charge is -2.28. The van der Waals surface area contributed by atoms with Gasteiger partial charge < -0.3 is 19.6 Å². The number of ether oxygens (including phenoxy) is 1. The van der Waals surface area contributed by atoms with E-state index in [1.807, 2.05) is 49.0 Å². The molecule has 1 heterocycles. The highest BCUT2D eigenvalue weighted by molar-refractivity contribution is 5.76. The molecule has 5 heteroatoms. The van der Waals surface area contributed by atoms with Crippen LogP contribution in [0.25, 0.3) is 0 Å². The van der Waals surface area contributed by atoms with E-state index in [1.165, 1.54) is 16.7 Å². The van der Waals surface area contributed by atoms with Crippen molar-refractivity contribution in [3.8, 4) is 5.75 Å². The molecule has 1 atom stereocenters. The normalized spacial score (nSPS) is 15.9. The van der Waals surface area contributed by atoms with Crippen LogP contribution in [0.15, 0.2) is 36.4 Å². The summed E-state index contributed by atoms with van der Waals surface area (Å²) in [5.74, 6) is 0.931. The molecular weight excluding hydrogens is 376 g/mol. The molecule has 1 unspecified atom stereocenters. The highest BCUT2D eigenvalue weighted by Gasteiger charge is 2.27. The molecular formula is C25H34N2O3. The van der Waals surface area contributed by atoms with Gasteiger partial charge in [0.2, 0.25) is 5.91 Å². The van der Waals surface area contributed by atoms with E-state index >= 15 is 0 Å². The van der Waals surface area contributed by atoms with Crippen molar-refractivity contribution in [1.29, 1.82) is 0 Å². The molecule has 0 fully saturated rings. The van der Waals surface area contributed by atoms with Gasteiger partial charge in [0.25, 0.3) is 0 Å². The summed E-state index contributed by atoms with van der Waals surface area (Å²) in [7, 11) is 3.88. The zero-order chi connectivity index (χ0) is 21.9. The van der Waals surface area contributed by atoms with Crippen LogP contribution in [0.3, 0.4) is 0 Å². The van der Waals surface area contributed by atoms with E-state index in [4.69, 9.17) is 4.74 Å². The third-order valence-electron chi connectivity index (χ3n) is 5.55. The topological polar surface area (TPSA) is 53.0 Å². The monoisotopic (exact) mass is 410 g/mol. The lowest BCUT2D eigenvalue weighted by Crippen LogP contribution is -2.35. The molecule has 0 aliphatic carbocycles. The van der Waals surface area contributed by atoms with E-state index in [1.54, 1.807) is 0 Å². The Bertz CT molecular complexity index is 885. The van der Waals surface area contributed by atoms with E-state index in [0.29, 0.717) is 32.7 Å². The van der Waals surface area contributed by atoms with Crippen LogP contribution in [0.2, 0.25) is 0 Å². The fraction of sp³-hybridized carbons (Fsp3) is 0.480. The minimum absolute atomic E-state index is 0.135. The Hall–Kier alpha value is -2.37. The third kappa shape index (κ3) is 5.61. The smallest absolute Gasteiger partial charge is 0.223 e. The summed E-state index contributed by atoms with van der Waals surface area (Å²) < 4.78 is 5.89. The first-order chi connectivity index (χ1) is 14.1. The largest absolute Gasteiger partial charge is 0.491 e. The number of rotatable bonds is 6. The van der Waals surface area contributed by atoms with E-state index in [-0.39, 0.29) is 5.91 Å². The Balaban J connectivity index is 1.72. The maximum atomic E-state index is 12.9. The number of hydrogen-bond donors (Lipinski definition) is 1. The minimum atomic E-state index is -0.970. The first-order valence-corrected chi connectivity index (χ1v) is 10.6. The van der Waals surface area contributed by atoms with Gasteiger partial charge in [-0.1, -0.05) is 35.4 Å². The number of nitrogens with zero attached hydrogens (tertiary/aromatic N) is 2. The van der Waals surface area contributed by atoms with E-state index in [2.05, 4.69) is 32.0 Å². The molecule has 0 radical (unpaired) electrons. The Labute approximate surface area is 180 Å². The maximum absolute atomic E-state index is 12.9. The summed E-state index contributed by atoms with van der Waals surface area (Å²) in [6.45, 7) is 8.07. The molecule has 1 amide bonds. The van der Waals surface area contributed by atoms with Crippen molar-refractivity contribution in [3.05, 3.63) is 64.2 Å². The predicted octanol–water partition coefficient (Wildman–Crippen LogP) is 3.43. The minimum Gasteiger partial charge on any atom is -0.491 e. The Kier molecular flexibility index (Phi) is 6.84. The lowest BCUT2D eigenvalue weighted by molar-refractivity contribution is -0.131. The molecule has 0 saturated carbocycles. The fourth-order valence-electron chi connectivity index (χ4n) is 4.27. The number of hydrogen-bond acceptors (Lipinski definition) is 4. The van der Waals surface area contributed by atoms with Crippen LogP contribution >= 0.6 is 0 Å². The summed E-state index contributed by atoms with van der Waals surface area (Å²) >= 11 is 0. The molecule has 1 N–H and O–H groups in total. The molecule has 5 nitrogen and oxygen atoms in total. The number of carbonyl (C=O) groups excluding carboxylic acids is 1. The Morgan fingerprint density at radius 2 is 1.87 bits per heavy atom. The standard InChI is InChI=1S/C25H34N2O3/c1-18-12-19(2)14-20(13-18)6-9-24(28)27-10-11-30-23-8-7-22(15-21(23)16-27)25(3,29)17-26(4)5/h7-8,12-15,29H,6,9-11,16-17H2,1-5H3. The zero-order valence-corrected chi connectivity index (χ0v) is 18.9. The maximum Gasteiger partial charge on any atom is 0.223 e. The van der Waals surface area contributed by atoms with Crippen LogP contribution in [-0.4, -0.2) is 54.6 Å². The molecule has 0 saturated heterocycles. The van der Waals surface area contributed by atoms with Gasteiger partial charge in [-0.05, 0) is 64.5 Å². The van der Waals surface area contributed by atoms with Crippen molar-refractivity contribution in [2.45, 2.75) is 45.8 Å². The number of aliphatic hydroxyl groups is 1. The van der Waals surface area contributed by atoms with Crippen LogP contribution in [0, 0.1) is 13.8 Å². The van der Waals surface area contributed by atoms with Gasteiger partial charge >= 0.3 is 0 Å². The number of benzene rings is 2. The molecule has 2 aromatic rings. The van der Waals surface area contributed by atoms with Crippen LogP contribution in [0.1, 0.15) is 41.2 Å². The number of aryl methyl sites for hydroxylation is 3. The molecule has 1 aliphatic heterocycles. The molecule has 2 aromatic carbocycles. The van der Waals surface area contributed by atoms with Crippen molar-refractivity contribution < 1.29 is 14.6 Å². The third-order valence-corrected chi connectivity index (χ3v) is 5.55. The molecule has 162 valence electrons. The molecule has 30 heavy (non-hydrogen) atoms. The molecule has 0 bridgehead atoms. The van der Waals surface area contributed by atoms with Crippen LogP contribution < -0.4 is 4.74 Å². The average Bonchev–Trinajstić information content (AvgIpc) is 2.86. The number of fused-ring (bicyclic) bond motifs is 1. The van der Waals surface area contributed by atoms with Gasteiger partial charge in [-0.3, -0.25) is 4.79 Å². The van der Waals surface area contributed by atoms with Crippen LogP contribution in [-0.2, 0) is 23.4 Å². The van der Waals surface area contributed by atoms with Gasteiger partial charge in [0.15, 0.2) is 0 Å². The van der Waals surface area contributed by atoms with Gasteiger partial charge in [-0.15, -0.1) is 0 Å². The second kappa shape index (κ2) is 9.19. The SMILES string of the molecule is Cc1cc(C)cc(CCC(=O)N2CCOc3ccc(C(C)(O)CN(C)C)cc3C2)c1. The molecule has 1 aliphatic rings. The van der Waals surface area contributed by atoms with Gasteiger partial charge in [0.05, 0.1) is 12.1 Å². The highest BCUT2D eigenvalue weighted by Crippen LogP contribution is 2.30. The second-order valence-electron chi connectivity index (χ2n) is 8.99. The summed E-state index contributed by atoms with van der Waals surface area (Å²) in [6, 6.07) is 12.3. The average molecular weight is 411 g/mol. The molecule has 3 rings (SSSR count). The zero-order valence-electron chi connectivity index (χ0n) is 18.9. The first kappa shape index (κ1) is 22.3. The number of likely N-dealkylation sites (N-methyl/N-ethyl adjacent to an activating group) is 1. The van der Waals surface area contributed by atoms with Gasteiger partial charge in [-0.2, -0.15) is 0 Å². The molecule has 0 spiro atoms. The van der Waals surface area contributed by atoms with E-state index < -0.39 is 5.60 Å². The quantitative estimate of drug-likeness (QED) is 0.793. The van der Waals surface area contributed by atoms with Crippen LogP contribution in [0.5, 0.6) is 5.75 Å². The van der Waals surface area contributed by atoms with Crippen molar-refractivity contribution in [2.24, 2.45) is 0 Å². The second-order valence-corrected chi connectivity index (χ2v) is 8.99. The van der Waals surface area contributed by atoms with E-state index in [9.17, 15) is 9.90 Å². The molecule has 0 aromatic heterocycles. The van der Waals surface area contributed by atoms with Crippen molar-refractivity contribution in [2.75, 3.05) is 33.8 Å². The first-order valence-electron chi connectivity index (χ1n) is 10.6. The number of carbonyl (C=O) groups is 1. The summed E-state index contributed by atoms with van der Waals surface area (Å²) in [5, 5.41) is 10.9. The predicted molar refractivity (Wildman–Crippen MR) is 120 cm³/mol. The van der Waals surface area contributed by atoms with Crippen molar-refractivity contribution >= 4 is 5.91 Å². The lowest BCUT2D eigenvalue weighted by atomic mass is 9.93. The highest BCUT2D eigenvalue weighted by atomic mass is 16.5. The van der Waals surface area contributed by atoms with Crippen molar-refractivity contribution in [1.82, 2.24) is 9.80 Å². The fourth-order valence-corrected chi connectivity index (χ4v) is 4.27. The van der Waals surface area contributed by atoms with Gasteiger partial charge in [0.1, 0.15) is 12.4 Å². The summed E-state index contributed by atoms with van der Waals surface area (Å²) in [6.07, 6.45) is 1.22. The van der Waals surface area contributed by atoms with Gasteiger partial charge in [0, 0.05) is 25.1 Å².